The number of hydrogen-bond donors (Lipinski definition) is 1. The van der Waals surface area contributed by atoms with Crippen molar-refractivity contribution in [2.45, 2.75) is 66.7 Å². The maximum atomic E-state index is 4.28. The minimum atomic E-state index is 0.720. The minimum absolute atomic E-state index is 0.720. The van der Waals surface area contributed by atoms with Gasteiger partial charge in [-0.2, -0.15) is 5.10 Å². The molecular formula is C13H26N2. The quantitative estimate of drug-likeness (QED) is 0.682. The summed E-state index contributed by atoms with van der Waals surface area (Å²) in [6, 6.07) is 0. The highest BCUT2D eigenvalue weighted by atomic mass is 15.1. The summed E-state index contributed by atoms with van der Waals surface area (Å²) in [7, 11) is 0. The summed E-state index contributed by atoms with van der Waals surface area (Å²) in [5.74, 6) is 0.720. The fourth-order valence-electron chi connectivity index (χ4n) is 2.05. The molecule has 0 amide bonds. The Labute approximate surface area is 94.5 Å². The van der Waals surface area contributed by atoms with E-state index in [4.69, 9.17) is 0 Å². The molecule has 0 aromatic carbocycles. The fourth-order valence-corrected chi connectivity index (χ4v) is 2.05. The Morgan fingerprint density at radius 3 is 2.33 bits per heavy atom. The first-order chi connectivity index (χ1) is 7.29. The number of aromatic nitrogens is 2. The molecule has 1 N–H and O–H groups in total. The number of nitrogens with one attached hydrogen (secondary N) is 1. The molecule has 1 aromatic heterocycles. The normalized spacial score (nSPS) is 17.9. The first-order valence-electron chi connectivity index (χ1n) is 6.33. The van der Waals surface area contributed by atoms with Crippen LogP contribution in [0.1, 0.15) is 70.3 Å². The van der Waals surface area contributed by atoms with Crippen LogP contribution in [-0.4, -0.2) is 10.2 Å². The molecule has 2 heteroatoms. The molecule has 2 rings (SSSR count). The Balaban J connectivity index is 0.000000442. The van der Waals surface area contributed by atoms with Gasteiger partial charge in [-0.1, -0.05) is 34.6 Å². The van der Waals surface area contributed by atoms with Gasteiger partial charge in [0.15, 0.2) is 0 Å². The van der Waals surface area contributed by atoms with Crippen LogP contribution in [0.5, 0.6) is 0 Å². The van der Waals surface area contributed by atoms with E-state index < -0.39 is 0 Å². The number of aryl methyl sites for hydroxylation is 2. The van der Waals surface area contributed by atoms with Gasteiger partial charge in [0, 0.05) is 5.69 Å². The molecule has 0 spiro atoms. The maximum absolute atomic E-state index is 4.28. The number of nitrogens with zero attached hydrogens (tertiary/aromatic N) is 1. The zero-order chi connectivity index (χ0) is 11.8. The SMILES string of the molecule is CC.CC.Cc1[nH]nc2c1C(C)CCC2. The highest BCUT2D eigenvalue weighted by Gasteiger charge is 2.20. The summed E-state index contributed by atoms with van der Waals surface area (Å²) in [5, 5.41) is 7.34. The molecule has 1 aliphatic rings. The molecule has 0 fully saturated rings. The third-order valence-electron chi connectivity index (χ3n) is 2.62. The molecule has 15 heavy (non-hydrogen) atoms. The van der Waals surface area contributed by atoms with E-state index in [1.54, 1.807) is 0 Å². The molecule has 1 aromatic rings. The van der Waals surface area contributed by atoms with Crippen LogP contribution in [0.25, 0.3) is 0 Å². The van der Waals surface area contributed by atoms with Gasteiger partial charge in [-0.15, -0.1) is 0 Å². The lowest BCUT2D eigenvalue weighted by molar-refractivity contribution is 0.583. The van der Waals surface area contributed by atoms with Gasteiger partial charge in [0.1, 0.15) is 0 Å². The van der Waals surface area contributed by atoms with Crippen LogP contribution in [0.15, 0.2) is 0 Å². The van der Waals surface area contributed by atoms with Gasteiger partial charge in [0.25, 0.3) is 0 Å². The Bertz CT molecular complexity index is 263. The van der Waals surface area contributed by atoms with Crippen molar-refractivity contribution >= 4 is 0 Å². The van der Waals surface area contributed by atoms with E-state index in [-0.39, 0.29) is 0 Å². The summed E-state index contributed by atoms with van der Waals surface area (Å²) in [6.07, 6.45) is 3.80. The second kappa shape index (κ2) is 7.49. The van der Waals surface area contributed by atoms with Crippen LogP contribution in [0.4, 0.5) is 0 Å². The van der Waals surface area contributed by atoms with Crippen molar-refractivity contribution in [3.8, 4) is 0 Å². The van der Waals surface area contributed by atoms with Crippen molar-refractivity contribution in [1.82, 2.24) is 10.2 Å². The van der Waals surface area contributed by atoms with Crippen molar-refractivity contribution in [2.75, 3.05) is 0 Å². The third-order valence-corrected chi connectivity index (χ3v) is 2.62. The lowest BCUT2D eigenvalue weighted by Crippen LogP contribution is -2.05. The average molecular weight is 210 g/mol. The van der Waals surface area contributed by atoms with E-state index in [0.29, 0.717) is 0 Å². The minimum Gasteiger partial charge on any atom is -0.282 e. The van der Waals surface area contributed by atoms with E-state index in [1.165, 1.54) is 36.2 Å². The molecule has 1 atom stereocenters. The smallest absolute Gasteiger partial charge is 0.0659 e. The summed E-state index contributed by atoms with van der Waals surface area (Å²) < 4.78 is 0. The van der Waals surface area contributed by atoms with Crippen molar-refractivity contribution in [1.29, 1.82) is 0 Å². The Morgan fingerprint density at radius 1 is 1.20 bits per heavy atom. The second-order valence-electron chi connectivity index (χ2n) is 3.50. The van der Waals surface area contributed by atoms with Gasteiger partial charge in [-0.05, 0) is 37.7 Å². The Kier molecular flexibility index (Phi) is 7.10. The Morgan fingerprint density at radius 2 is 1.80 bits per heavy atom. The lowest BCUT2D eigenvalue weighted by Gasteiger charge is -2.17. The summed E-state index contributed by atoms with van der Waals surface area (Å²) >= 11 is 0. The van der Waals surface area contributed by atoms with Gasteiger partial charge >= 0.3 is 0 Å². The predicted octanol–water partition coefficient (Wildman–Crippen LogP) is 4.21. The topological polar surface area (TPSA) is 28.7 Å². The van der Waals surface area contributed by atoms with Crippen LogP contribution in [0.3, 0.4) is 0 Å². The number of aromatic amines is 1. The molecule has 1 aliphatic carbocycles. The lowest BCUT2D eigenvalue weighted by atomic mass is 9.87. The first kappa shape index (κ1) is 14.2. The number of hydrogen-bond acceptors (Lipinski definition) is 1. The largest absolute Gasteiger partial charge is 0.282 e. The zero-order valence-corrected chi connectivity index (χ0v) is 11.1. The van der Waals surface area contributed by atoms with E-state index in [0.717, 1.165) is 5.92 Å². The van der Waals surface area contributed by atoms with Crippen molar-refractivity contribution in [3.63, 3.8) is 0 Å². The molecule has 1 unspecified atom stereocenters. The molecular weight excluding hydrogens is 184 g/mol. The average Bonchev–Trinajstić information content (AvgIpc) is 2.68. The molecule has 0 bridgehead atoms. The number of fused-ring (bicyclic) bond motifs is 1. The molecule has 0 aliphatic heterocycles. The molecule has 0 saturated carbocycles. The van der Waals surface area contributed by atoms with E-state index >= 15 is 0 Å². The molecule has 0 radical (unpaired) electrons. The highest BCUT2D eigenvalue weighted by molar-refractivity contribution is 5.29. The van der Waals surface area contributed by atoms with Crippen LogP contribution in [-0.2, 0) is 6.42 Å². The Hall–Kier alpha value is -0.790. The van der Waals surface area contributed by atoms with Gasteiger partial charge in [-0.25, -0.2) is 0 Å². The van der Waals surface area contributed by atoms with Crippen molar-refractivity contribution in [3.05, 3.63) is 17.0 Å². The van der Waals surface area contributed by atoms with E-state index in [1.807, 2.05) is 27.7 Å². The molecule has 1 heterocycles. The second-order valence-corrected chi connectivity index (χ2v) is 3.50. The first-order valence-corrected chi connectivity index (χ1v) is 6.33. The fraction of sp³-hybridized carbons (Fsp3) is 0.769. The third kappa shape index (κ3) is 3.37. The molecule has 0 saturated heterocycles. The van der Waals surface area contributed by atoms with E-state index in [2.05, 4.69) is 24.0 Å². The maximum Gasteiger partial charge on any atom is 0.0659 e. The van der Waals surface area contributed by atoms with Gasteiger partial charge in [-0.3, -0.25) is 5.10 Å². The van der Waals surface area contributed by atoms with Gasteiger partial charge < -0.3 is 0 Å². The standard InChI is InChI=1S/C9H14N2.2C2H6/c1-6-4-3-5-8-9(6)7(2)10-11-8;2*1-2/h6H,3-5H2,1-2H3,(H,10,11);2*1-2H3. The molecule has 2 nitrogen and oxygen atoms in total. The van der Waals surface area contributed by atoms with Crippen LogP contribution in [0.2, 0.25) is 0 Å². The van der Waals surface area contributed by atoms with Crippen LogP contribution >= 0.6 is 0 Å². The predicted molar refractivity (Wildman–Crippen MR) is 67.4 cm³/mol. The van der Waals surface area contributed by atoms with E-state index in [9.17, 15) is 0 Å². The van der Waals surface area contributed by atoms with Crippen molar-refractivity contribution < 1.29 is 0 Å². The van der Waals surface area contributed by atoms with Gasteiger partial charge in [0.2, 0.25) is 0 Å². The van der Waals surface area contributed by atoms with Crippen LogP contribution in [0, 0.1) is 6.92 Å². The van der Waals surface area contributed by atoms with Crippen LogP contribution < -0.4 is 0 Å². The summed E-state index contributed by atoms with van der Waals surface area (Å²) in [4.78, 5) is 0. The monoisotopic (exact) mass is 210 g/mol. The zero-order valence-electron chi connectivity index (χ0n) is 11.1. The number of rotatable bonds is 0. The number of H-pyrrole nitrogens is 1. The molecule has 88 valence electrons. The van der Waals surface area contributed by atoms with Gasteiger partial charge in [0.05, 0.1) is 5.69 Å². The summed E-state index contributed by atoms with van der Waals surface area (Å²) in [6.45, 7) is 12.4. The summed E-state index contributed by atoms with van der Waals surface area (Å²) in [5.41, 5.74) is 4.06. The van der Waals surface area contributed by atoms with Crippen molar-refractivity contribution in [2.24, 2.45) is 0 Å². The highest BCUT2D eigenvalue weighted by Crippen LogP contribution is 2.31.